The molecule has 0 saturated carbocycles. The summed E-state index contributed by atoms with van der Waals surface area (Å²) in [6.45, 7) is 1.79. The van der Waals surface area contributed by atoms with Crippen LogP contribution in [0.5, 0.6) is 5.75 Å². The highest BCUT2D eigenvalue weighted by molar-refractivity contribution is 5.20. The lowest BCUT2D eigenvalue weighted by Crippen LogP contribution is -2.38. The van der Waals surface area contributed by atoms with Gasteiger partial charge in [-0.25, -0.2) is 0 Å². The third-order valence-electron chi connectivity index (χ3n) is 3.85. The second kappa shape index (κ2) is 5.72. The predicted octanol–water partition coefficient (Wildman–Crippen LogP) is 2.37. The highest BCUT2D eigenvalue weighted by Crippen LogP contribution is 2.34. The lowest BCUT2D eigenvalue weighted by Gasteiger charge is -2.19. The average molecular weight is 247 g/mol. The van der Waals surface area contributed by atoms with Crippen molar-refractivity contribution in [3.8, 4) is 5.75 Å². The van der Waals surface area contributed by atoms with E-state index in [1.807, 2.05) is 30.3 Å². The van der Waals surface area contributed by atoms with Crippen molar-refractivity contribution >= 4 is 0 Å². The van der Waals surface area contributed by atoms with Gasteiger partial charge in [-0.15, -0.1) is 0 Å². The van der Waals surface area contributed by atoms with Gasteiger partial charge in [0, 0.05) is 6.04 Å². The fourth-order valence-electron chi connectivity index (χ4n) is 2.92. The number of para-hydroxylation sites is 1. The summed E-state index contributed by atoms with van der Waals surface area (Å²) in [5.41, 5.74) is 0. The van der Waals surface area contributed by atoms with E-state index in [-0.39, 0.29) is 0 Å². The normalized spacial score (nSPS) is 29.7. The van der Waals surface area contributed by atoms with E-state index in [0.29, 0.717) is 18.2 Å². The zero-order valence-corrected chi connectivity index (χ0v) is 10.7. The third-order valence-corrected chi connectivity index (χ3v) is 3.85. The molecule has 2 bridgehead atoms. The van der Waals surface area contributed by atoms with E-state index in [1.54, 1.807) is 0 Å². The number of fused-ring (bicyclic) bond motifs is 2. The van der Waals surface area contributed by atoms with E-state index in [0.717, 1.165) is 25.3 Å². The Bertz CT molecular complexity index is 368. The molecule has 3 unspecified atom stereocenters. The molecule has 3 atom stereocenters. The van der Waals surface area contributed by atoms with Gasteiger partial charge >= 0.3 is 0 Å². The largest absolute Gasteiger partial charge is 0.494 e. The van der Waals surface area contributed by atoms with Crippen molar-refractivity contribution in [2.24, 2.45) is 0 Å². The van der Waals surface area contributed by atoms with Crippen molar-refractivity contribution in [2.45, 2.75) is 43.9 Å². The maximum atomic E-state index is 5.82. The van der Waals surface area contributed by atoms with Crippen molar-refractivity contribution in [3.63, 3.8) is 0 Å². The molecule has 3 heteroatoms. The summed E-state index contributed by atoms with van der Waals surface area (Å²) >= 11 is 0. The zero-order chi connectivity index (χ0) is 12.2. The van der Waals surface area contributed by atoms with Gasteiger partial charge in [0.05, 0.1) is 18.8 Å². The van der Waals surface area contributed by atoms with Crippen molar-refractivity contribution in [1.82, 2.24) is 5.32 Å². The minimum Gasteiger partial charge on any atom is -0.494 e. The summed E-state index contributed by atoms with van der Waals surface area (Å²) in [5, 5.41) is 3.59. The molecular weight excluding hydrogens is 226 g/mol. The molecule has 1 aromatic carbocycles. The quantitative estimate of drug-likeness (QED) is 0.783. The minimum absolute atomic E-state index is 0.477. The maximum absolute atomic E-state index is 5.82. The molecule has 0 aromatic heterocycles. The van der Waals surface area contributed by atoms with Crippen molar-refractivity contribution in [1.29, 1.82) is 0 Å². The van der Waals surface area contributed by atoms with Gasteiger partial charge in [-0.3, -0.25) is 0 Å². The summed E-state index contributed by atoms with van der Waals surface area (Å²) in [6, 6.07) is 10.6. The molecule has 0 radical (unpaired) electrons. The Balaban J connectivity index is 1.29. The summed E-state index contributed by atoms with van der Waals surface area (Å²) in [6.07, 6.45) is 5.76. The molecule has 0 amide bonds. The van der Waals surface area contributed by atoms with E-state index >= 15 is 0 Å². The lowest BCUT2D eigenvalue weighted by atomic mass is 9.95. The highest BCUT2D eigenvalue weighted by Gasteiger charge is 2.40. The number of benzene rings is 1. The molecule has 0 aliphatic carbocycles. The minimum atomic E-state index is 0.477. The van der Waals surface area contributed by atoms with Crippen LogP contribution in [0.15, 0.2) is 30.3 Å². The Morgan fingerprint density at radius 3 is 2.83 bits per heavy atom. The number of ether oxygens (including phenoxy) is 2. The maximum Gasteiger partial charge on any atom is 0.119 e. The number of rotatable bonds is 6. The Labute approximate surface area is 108 Å². The van der Waals surface area contributed by atoms with Crippen LogP contribution >= 0.6 is 0 Å². The molecule has 2 saturated heterocycles. The lowest BCUT2D eigenvalue weighted by molar-refractivity contribution is 0.0973. The summed E-state index contributed by atoms with van der Waals surface area (Å²) < 4.78 is 11.5. The van der Waals surface area contributed by atoms with Gasteiger partial charge < -0.3 is 14.8 Å². The van der Waals surface area contributed by atoms with E-state index < -0.39 is 0 Å². The summed E-state index contributed by atoms with van der Waals surface area (Å²) in [4.78, 5) is 0. The highest BCUT2D eigenvalue weighted by atomic mass is 16.5. The first-order valence-electron chi connectivity index (χ1n) is 6.98. The topological polar surface area (TPSA) is 30.5 Å². The van der Waals surface area contributed by atoms with Gasteiger partial charge in [-0.1, -0.05) is 18.2 Å². The van der Waals surface area contributed by atoms with E-state index in [2.05, 4.69) is 5.32 Å². The van der Waals surface area contributed by atoms with Crippen LogP contribution in [-0.2, 0) is 4.74 Å². The Morgan fingerprint density at radius 2 is 2.11 bits per heavy atom. The molecule has 98 valence electrons. The van der Waals surface area contributed by atoms with Crippen LogP contribution in [0.2, 0.25) is 0 Å². The van der Waals surface area contributed by atoms with Crippen LogP contribution in [0.1, 0.15) is 25.7 Å². The number of hydrogen-bond donors (Lipinski definition) is 1. The van der Waals surface area contributed by atoms with Crippen molar-refractivity contribution in [2.75, 3.05) is 13.2 Å². The standard InChI is InChI=1S/C15H21NO2/c1-2-5-12(6-3-1)17-10-4-9-16-14-11-13-7-8-15(14)18-13/h1-3,5-6,13-16H,4,7-11H2. The van der Waals surface area contributed by atoms with Gasteiger partial charge in [-0.05, 0) is 44.4 Å². The number of hydrogen-bond acceptors (Lipinski definition) is 3. The average Bonchev–Trinajstić information content (AvgIpc) is 3.02. The molecule has 2 heterocycles. The molecule has 18 heavy (non-hydrogen) atoms. The first-order chi connectivity index (χ1) is 8.92. The molecule has 2 aliphatic heterocycles. The monoisotopic (exact) mass is 247 g/mol. The van der Waals surface area contributed by atoms with Crippen molar-refractivity contribution < 1.29 is 9.47 Å². The second-order valence-electron chi connectivity index (χ2n) is 5.19. The van der Waals surface area contributed by atoms with Crippen LogP contribution < -0.4 is 10.1 Å². The van der Waals surface area contributed by atoms with Crippen LogP contribution in [0, 0.1) is 0 Å². The summed E-state index contributed by atoms with van der Waals surface area (Å²) in [7, 11) is 0. The molecule has 1 aromatic rings. The Hall–Kier alpha value is -1.06. The first kappa shape index (κ1) is 12.0. The fraction of sp³-hybridized carbons (Fsp3) is 0.600. The van der Waals surface area contributed by atoms with Crippen LogP contribution in [0.25, 0.3) is 0 Å². The van der Waals surface area contributed by atoms with Gasteiger partial charge in [0.1, 0.15) is 5.75 Å². The van der Waals surface area contributed by atoms with E-state index in [9.17, 15) is 0 Å². The molecule has 2 fully saturated rings. The zero-order valence-electron chi connectivity index (χ0n) is 10.7. The SMILES string of the molecule is c1ccc(OCCCNC2CC3CCC2O3)cc1. The predicted molar refractivity (Wildman–Crippen MR) is 70.9 cm³/mol. The smallest absolute Gasteiger partial charge is 0.119 e. The van der Waals surface area contributed by atoms with Gasteiger partial charge in [0.25, 0.3) is 0 Å². The Kier molecular flexibility index (Phi) is 3.81. The fourth-order valence-corrected chi connectivity index (χ4v) is 2.92. The molecular formula is C15H21NO2. The van der Waals surface area contributed by atoms with E-state index in [1.165, 1.54) is 19.3 Å². The van der Waals surface area contributed by atoms with E-state index in [4.69, 9.17) is 9.47 Å². The van der Waals surface area contributed by atoms with Crippen LogP contribution in [0.3, 0.4) is 0 Å². The molecule has 3 rings (SSSR count). The first-order valence-corrected chi connectivity index (χ1v) is 6.98. The van der Waals surface area contributed by atoms with Gasteiger partial charge in [0.2, 0.25) is 0 Å². The molecule has 2 aliphatic rings. The third kappa shape index (κ3) is 2.85. The molecule has 1 N–H and O–H groups in total. The second-order valence-corrected chi connectivity index (χ2v) is 5.19. The van der Waals surface area contributed by atoms with Crippen LogP contribution in [0.4, 0.5) is 0 Å². The van der Waals surface area contributed by atoms with Crippen LogP contribution in [-0.4, -0.2) is 31.4 Å². The Morgan fingerprint density at radius 1 is 1.22 bits per heavy atom. The molecule has 3 nitrogen and oxygen atoms in total. The number of nitrogens with one attached hydrogen (secondary N) is 1. The molecule has 0 spiro atoms. The van der Waals surface area contributed by atoms with Gasteiger partial charge in [-0.2, -0.15) is 0 Å². The van der Waals surface area contributed by atoms with Gasteiger partial charge in [0.15, 0.2) is 0 Å². The van der Waals surface area contributed by atoms with Crippen molar-refractivity contribution in [3.05, 3.63) is 30.3 Å². The summed E-state index contributed by atoms with van der Waals surface area (Å²) in [5.74, 6) is 0.959.